The van der Waals surface area contributed by atoms with Crippen LogP contribution in [-0.4, -0.2) is 54.6 Å². The van der Waals surface area contributed by atoms with Gasteiger partial charge in [-0.25, -0.2) is 4.79 Å². The van der Waals surface area contributed by atoms with Crippen LogP contribution in [0.15, 0.2) is 0 Å². The van der Waals surface area contributed by atoms with Gasteiger partial charge in [0, 0.05) is 38.8 Å². The first-order valence-electron chi connectivity index (χ1n) is 6.44. The van der Waals surface area contributed by atoms with Crippen LogP contribution in [0.25, 0.3) is 0 Å². The third-order valence-electron chi connectivity index (χ3n) is 3.80. The Kier molecular flexibility index (Phi) is 5.53. The quantitative estimate of drug-likeness (QED) is 0.718. The van der Waals surface area contributed by atoms with Crippen molar-refractivity contribution in [3.8, 4) is 0 Å². The number of likely N-dealkylation sites (tertiary alicyclic amines) is 1. The lowest BCUT2D eigenvalue weighted by molar-refractivity contribution is 0.112. The van der Waals surface area contributed by atoms with E-state index in [-0.39, 0.29) is 18.4 Å². The molecule has 1 atom stereocenters. The second-order valence-electron chi connectivity index (χ2n) is 5.20. The van der Waals surface area contributed by atoms with Crippen LogP contribution in [0.3, 0.4) is 0 Å². The third kappa shape index (κ3) is 3.49. The average molecular weight is 262 g/mol. The van der Waals surface area contributed by atoms with Gasteiger partial charge in [0.25, 0.3) is 0 Å². The molecule has 2 amide bonds. The van der Waals surface area contributed by atoms with Crippen LogP contribution in [-0.2, 0) is 0 Å². The zero-order chi connectivity index (χ0) is 11.5. The van der Waals surface area contributed by atoms with Crippen LogP contribution in [0.5, 0.6) is 0 Å². The molecule has 2 aliphatic rings. The number of hydrogen-bond donors (Lipinski definition) is 1. The SMILES string of the molecule is CC1CCN(C(=O)N2CCNC[C@@H]2C)CC1.Cl. The van der Waals surface area contributed by atoms with E-state index in [1.54, 1.807) is 0 Å². The summed E-state index contributed by atoms with van der Waals surface area (Å²) in [4.78, 5) is 16.3. The molecular weight excluding hydrogens is 238 g/mol. The molecule has 0 bridgehead atoms. The zero-order valence-corrected chi connectivity index (χ0v) is 11.6. The van der Waals surface area contributed by atoms with E-state index in [1.165, 1.54) is 0 Å². The molecule has 2 rings (SSSR count). The van der Waals surface area contributed by atoms with Gasteiger partial charge in [-0.1, -0.05) is 6.92 Å². The van der Waals surface area contributed by atoms with Crippen LogP contribution in [0.1, 0.15) is 26.7 Å². The number of nitrogens with zero attached hydrogens (tertiary/aromatic N) is 2. The topological polar surface area (TPSA) is 35.6 Å². The monoisotopic (exact) mass is 261 g/mol. The summed E-state index contributed by atoms with van der Waals surface area (Å²) in [5, 5.41) is 3.32. The fourth-order valence-electron chi connectivity index (χ4n) is 2.51. The lowest BCUT2D eigenvalue weighted by atomic mass is 9.99. The summed E-state index contributed by atoms with van der Waals surface area (Å²) in [5.41, 5.74) is 0. The molecule has 100 valence electrons. The maximum Gasteiger partial charge on any atom is 0.320 e. The summed E-state index contributed by atoms with van der Waals surface area (Å²) in [6.45, 7) is 8.99. The van der Waals surface area contributed by atoms with Gasteiger partial charge in [0.2, 0.25) is 0 Å². The Hall–Kier alpha value is -0.480. The van der Waals surface area contributed by atoms with Crippen LogP contribution in [0.4, 0.5) is 4.79 Å². The largest absolute Gasteiger partial charge is 0.325 e. The van der Waals surface area contributed by atoms with E-state index < -0.39 is 0 Å². The van der Waals surface area contributed by atoms with Crippen molar-refractivity contribution in [2.45, 2.75) is 32.7 Å². The maximum absolute atomic E-state index is 12.3. The number of rotatable bonds is 0. The summed E-state index contributed by atoms with van der Waals surface area (Å²) >= 11 is 0. The van der Waals surface area contributed by atoms with E-state index in [2.05, 4.69) is 19.2 Å². The lowest BCUT2D eigenvalue weighted by Gasteiger charge is -2.39. The minimum Gasteiger partial charge on any atom is -0.325 e. The van der Waals surface area contributed by atoms with E-state index in [4.69, 9.17) is 0 Å². The highest BCUT2D eigenvalue weighted by Gasteiger charge is 2.28. The molecule has 2 fully saturated rings. The smallest absolute Gasteiger partial charge is 0.320 e. The Morgan fingerprint density at radius 3 is 2.41 bits per heavy atom. The van der Waals surface area contributed by atoms with Crippen molar-refractivity contribution < 1.29 is 4.79 Å². The van der Waals surface area contributed by atoms with Crippen molar-refractivity contribution >= 4 is 18.4 Å². The van der Waals surface area contributed by atoms with Gasteiger partial charge in [0.05, 0.1) is 0 Å². The molecule has 0 saturated carbocycles. The predicted octanol–water partition coefficient (Wildman–Crippen LogP) is 1.55. The van der Waals surface area contributed by atoms with Crippen molar-refractivity contribution in [2.75, 3.05) is 32.7 Å². The van der Waals surface area contributed by atoms with Gasteiger partial charge in [0.15, 0.2) is 0 Å². The Bertz CT molecular complexity index is 254. The van der Waals surface area contributed by atoms with Gasteiger partial charge in [-0.3, -0.25) is 0 Å². The number of halogens is 1. The van der Waals surface area contributed by atoms with Gasteiger partial charge in [-0.15, -0.1) is 12.4 Å². The number of nitrogens with one attached hydrogen (secondary N) is 1. The Morgan fingerprint density at radius 2 is 1.82 bits per heavy atom. The number of carbonyl (C=O) groups excluding carboxylic acids is 1. The highest BCUT2D eigenvalue weighted by Crippen LogP contribution is 2.18. The van der Waals surface area contributed by atoms with Crippen LogP contribution in [0, 0.1) is 5.92 Å². The Balaban J connectivity index is 0.00000144. The summed E-state index contributed by atoms with van der Waals surface area (Å²) in [7, 11) is 0. The number of amides is 2. The van der Waals surface area contributed by atoms with Gasteiger partial charge >= 0.3 is 6.03 Å². The molecule has 2 aliphatic heterocycles. The van der Waals surface area contributed by atoms with Crippen LogP contribution < -0.4 is 5.32 Å². The molecule has 17 heavy (non-hydrogen) atoms. The van der Waals surface area contributed by atoms with Crippen molar-refractivity contribution in [2.24, 2.45) is 5.92 Å². The first-order valence-corrected chi connectivity index (χ1v) is 6.44. The first-order chi connectivity index (χ1) is 7.68. The minimum atomic E-state index is 0. The third-order valence-corrected chi connectivity index (χ3v) is 3.80. The molecule has 5 heteroatoms. The van der Waals surface area contributed by atoms with Gasteiger partial charge in [0.1, 0.15) is 0 Å². The van der Waals surface area contributed by atoms with Gasteiger partial charge in [-0.2, -0.15) is 0 Å². The fraction of sp³-hybridized carbons (Fsp3) is 0.917. The fourth-order valence-corrected chi connectivity index (χ4v) is 2.51. The Morgan fingerprint density at radius 1 is 1.18 bits per heavy atom. The van der Waals surface area contributed by atoms with Crippen molar-refractivity contribution in [1.82, 2.24) is 15.1 Å². The minimum absolute atomic E-state index is 0. The molecule has 0 spiro atoms. The van der Waals surface area contributed by atoms with Crippen molar-refractivity contribution in [3.05, 3.63) is 0 Å². The summed E-state index contributed by atoms with van der Waals surface area (Å²) in [5.74, 6) is 0.782. The molecule has 2 heterocycles. The predicted molar refractivity (Wildman–Crippen MR) is 71.7 cm³/mol. The van der Waals surface area contributed by atoms with E-state index in [1.807, 2.05) is 9.80 Å². The number of carbonyl (C=O) groups is 1. The standard InChI is InChI=1S/C12H23N3O.ClH/c1-10-3-6-14(7-4-10)12(16)15-8-5-13-9-11(15)2;/h10-11,13H,3-9H2,1-2H3;1H/t11-;/m0./s1. The molecule has 0 radical (unpaired) electrons. The second-order valence-corrected chi connectivity index (χ2v) is 5.20. The number of piperazine rings is 1. The molecular formula is C12H24ClN3O. The molecule has 1 N–H and O–H groups in total. The first kappa shape index (κ1) is 14.6. The van der Waals surface area contributed by atoms with E-state index in [9.17, 15) is 4.79 Å². The zero-order valence-electron chi connectivity index (χ0n) is 10.8. The van der Waals surface area contributed by atoms with E-state index >= 15 is 0 Å². The molecule has 2 saturated heterocycles. The summed E-state index contributed by atoms with van der Waals surface area (Å²) in [6, 6.07) is 0.585. The van der Waals surface area contributed by atoms with Crippen LogP contribution in [0.2, 0.25) is 0 Å². The van der Waals surface area contributed by atoms with Crippen molar-refractivity contribution in [3.63, 3.8) is 0 Å². The molecule has 0 aliphatic carbocycles. The molecule has 0 aromatic heterocycles. The normalized spacial score (nSPS) is 26.6. The lowest BCUT2D eigenvalue weighted by Crippen LogP contribution is -2.57. The summed E-state index contributed by atoms with van der Waals surface area (Å²) in [6.07, 6.45) is 2.32. The summed E-state index contributed by atoms with van der Waals surface area (Å²) < 4.78 is 0. The molecule has 0 aromatic rings. The van der Waals surface area contributed by atoms with E-state index in [0.29, 0.717) is 6.04 Å². The number of hydrogen-bond acceptors (Lipinski definition) is 2. The maximum atomic E-state index is 12.3. The average Bonchev–Trinajstić information content (AvgIpc) is 2.30. The van der Waals surface area contributed by atoms with Crippen molar-refractivity contribution in [1.29, 1.82) is 0 Å². The molecule has 4 nitrogen and oxygen atoms in total. The second kappa shape index (κ2) is 6.45. The van der Waals surface area contributed by atoms with Gasteiger partial charge < -0.3 is 15.1 Å². The highest BCUT2D eigenvalue weighted by molar-refractivity contribution is 5.85. The van der Waals surface area contributed by atoms with E-state index in [0.717, 1.165) is 51.5 Å². The number of piperidine rings is 1. The molecule has 0 unspecified atom stereocenters. The molecule has 0 aromatic carbocycles. The number of urea groups is 1. The van der Waals surface area contributed by atoms with Crippen LogP contribution >= 0.6 is 12.4 Å². The Labute approximate surface area is 110 Å². The van der Waals surface area contributed by atoms with Gasteiger partial charge in [-0.05, 0) is 25.7 Å². The highest BCUT2D eigenvalue weighted by atomic mass is 35.5.